The second kappa shape index (κ2) is 8.19. The van der Waals surface area contributed by atoms with Crippen molar-refractivity contribution in [3.05, 3.63) is 29.3 Å². The number of carbonyl (C=O) groups is 1. The van der Waals surface area contributed by atoms with Gasteiger partial charge >= 0.3 is 0 Å². The van der Waals surface area contributed by atoms with E-state index >= 15 is 0 Å². The SMILES string of the molecule is CC[C@@H](NC(=O)C1CCN(S(C)(=O)=O)CC1)c1ccc(OC)c(C)c1. The topological polar surface area (TPSA) is 75.7 Å². The Morgan fingerprint density at radius 1 is 1.36 bits per heavy atom. The number of ether oxygens (including phenoxy) is 1. The van der Waals surface area contributed by atoms with E-state index < -0.39 is 10.0 Å². The lowest BCUT2D eigenvalue weighted by Crippen LogP contribution is -2.43. The molecule has 25 heavy (non-hydrogen) atoms. The van der Waals surface area contributed by atoms with Crippen LogP contribution in [0.4, 0.5) is 0 Å². The lowest BCUT2D eigenvalue weighted by molar-refractivity contribution is -0.126. The first kappa shape index (κ1) is 19.7. The van der Waals surface area contributed by atoms with Crippen molar-refractivity contribution in [1.82, 2.24) is 9.62 Å². The monoisotopic (exact) mass is 368 g/mol. The molecule has 0 bridgehead atoms. The Labute approximate surface area is 150 Å². The number of nitrogens with one attached hydrogen (secondary N) is 1. The van der Waals surface area contributed by atoms with Gasteiger partial charge < -0.3 is 10.1 Å². The normalized spacial score (nSPS) is 17.9. The first-order valence-corrected chi connectivity index (χ1v) is 10.5. The van der Waals surface area contributed by atoms with Crippen LogP contribution in [-0.2, 0) is 14.8 Å². The molecule has 1 aromatic carbocycles. The molecule has 0 radical (unpaired) electrons. The van der Waals surface area contributed by atoms with E-state index in [0.717, 1.165) is 23.3 Å². The van der Waals surface area contributed by atoms with E-state index in [1.165, 1.54) is 10.6 Å². The third-order valence-electron chi connectivity index (χ3n) is 4.84. The maximum atomic E-state index is 12.6. The van der Waals surface area contributed by atoms with E-state index in [9.17, 15) is 13.2 Å². The van der Waals surface area contributed by atoms with E-state index in [1.807, 2.05) is 32.0 Å². The predicted octanol–water partition coefficient (Wildman–Crippen LogP) is 2.24. The number of hydrogen-bond acceptors (Lipinski definition) is 4. The van der Waals surface area contributed by atoms with Crippen molar-refractivity contribution >= 4 is 15.9 Å². The van der Waals surface area contributed by atoms with Gasteiger partial charge in [0.05, 0.1) is 19.4 Å². The van der Waals surface area contributed by atoms with Gasteiger partial charge in [0.2, 0.25) is 15.9 Å². The lowest BCUT2D eigenvalue weighted by Gasteiger charge is -2.30. The van der Waals surface area contributed by atoms with Gasteiger partial charge in [-0.1, -0.05) is 19.1 Å². The van der Waals surface area contributed by atoms with Crippen LogP contribution in [0.5, 0.6) is 5.75 Å². The highest BCUT2D eigenvalue weighted by atomic mass is 32.2. The maximum Gasteiger partial charge on any atom is 0.223 e. The van der Waals surface area contributed by atoms with Crippen LogP contribution in [0.3, 0.4) is 0 Å². The van der Waals surface area contributed by atoms with Crippen molar-refractivity contribution < 1.29 is 17.9 Å². The zero-order valence-electron chi connectivity index (χ0n) is 15.4. The summed E-state index contributed by atoms with van der Waals surface area (Å²) in [5, 5.41) is 3.12. The number of piperidine rings is 1. The van der Waals surface area contributed by atoms with Gasteiger partial charge in [-0.2, -0.15) is 0 Å². The van der Waals surface area contributed by atoms with Gasteiger partial charge in [0, 0.05) is 19.0 Å². The van der Waals surface area contributed by atoms with Gasteiger partial charge in [-0.05, 0) is 43.4 Å². The standard InChI is InChI=1S/C18H28N2O4S/c1-5-16(15-6-7-17(24-3)13(2)12-15)19-18(21)14-8-10-20(11-9-14)25(4,22)23/h6-7,12,14,16H,5,8-11H2,1-4H3,(H,19,21)/t16-/m1/s1. The third kappa shape index (κ3) is 4.95. The third-order valence-corrected chi connectivity index (χ3v) is 6.14. The highest BCUT2D eigenvalue weighted by Crippen LogP contribution is 2.26. The van der Waals surface area contributed by atoms with Gasteiger partial charge in [0.1, 0.15) is 5.75 Å². The van der Waals surface area contributed by atoms with Crippen LogP contribution in [0.2, 0.25) is 0 Å². The van der Waals surface area contributed by atoms with Gasteiger partial charge in [0.25, 0.3) is 0 Å². The van der Waals surface area contributed by atoms with Crippen LogP contribution >= 0.6 is 0 Å². The summed E-state index contributed by atoms with van der Waals surface area (Å²) in [6, 6.07) is 5.89. The van der Waals surface area contributed by atoms with Crippen LogP contribution in [0.15, 0.2) is 18.2 Å². The number of rotatable bonds is 6. The van der Waals surface area contributed by atoms with Crippen LogP contribution in [0.1, 0.15) is 43.4 Å². The van der Waals surface area contributed by atoms with Gasteiger partial charge in [-0.15, -0.1) is 0 Å². The summed E-state index contributed by atoms with van der Waals surface area (Å²) in [7, 11) is -1.52. The number of nitrogens with zero attached hydrogens (tertiary/aromatic N) is 1. The van der Waals surface area contributed by atoms with E-state index in [2.05, 4.69) is 5.32 Å². The number of methoxy groups -OCH3 is 1. The summed E-state index contributed by atoms with van der Waals surface area (Å²) in [4.78, 5) is 12.6. The van der Waals surface area contributed by atoms with Crippen molar-refractivity contribution in [2.75, 3.05) is 26.5 Å². The largest absolute Gasteiger partial charge is 0.496 e. The molecule has 1 aliphatic rings. The number of benzene rings is 1. The summed E-state index contributed by atoms with van der Waals surface area (Å²) in [5.41, 5.74) is 2.09. The first-order chi connectivity index (χ1) is 11.8. The summed E-state index contributed by atoms with van der Waals surface area (Å²) in [6.45, 7) is 4.85. The molecule has 1 aliphatic heterocycles. The van der Waals surface area contributed by atoms with Crippen LogP contribution in [0, 0.1) is 12.8 Å². The molecule has 140 valence electrons. The molecule has 0 spiro atoms. The molecule has 6 nitrogen and oxygen atoms in total. The number of hydrogen-bond donors (Lipinski definition) is 1. The van der Waals surface area contributed by atoms with Gasteiger partial charge in [0.15, 0.2) is 0 Å². The highest BCUT2D eigenvalue weighted by molar-refractivity contribution is 7.88. The highest BCUT2D eigenvalue weighted by Gasteiger charge is 2.29. The Balaban J connectivity index is 2.00. The molecule has 1 amide bonds. The minimum absolute atomic E-state index is 0.00784. The molecular formula is C18H28N2O4S. The fourth-order valence-electron chi connectivity index (χ4n) is 3.28. The molecule has 1 fully saturated rings. The molecule has 1 heterocycles. The average Bonchev–Trinajstić information content (AvgIpc) is 2.58. The summed E-state index contributed by atoms with van der Waals surface area (Å²) in [5.74, 6) is 0.706. The molecule has 1 saturated heterocycles. The van der Waals surface area contributed by atoms with Crippen molar-refractivity contribution in [2.45, 2.75) is 39.2 Å². The quantitative estimate of drug-likeness (QED) is 0.835. The number of amides is 1. The Hall–Kier alpha value is -1.60. The molecule has 0 unspecified atom stereocenters. The molecule has 0 saturated carbocycles. The Bertz CT molecular complexity index is 710. The lowest BCUT2D eigenvalue weighted by atomic mass is 9.95. The average molecular weight is 368 g/mol. The van der Waals surface area contributed by atoms with Gasteiger partial charge in [-0.25, -0.2) is 12.7 Å². The molecule has 1 N–H and O–H groups in total. The molecule has 1 aromatic rings. The predicted molar refractivity (Wildman–Crippen MR) is 98.0 cm³/mol. The van der Waals surface area contributed by atoms with E-state index in [-0.39, 0.29) is 17.9 Å². The summed E-state index contributed by atoms with van der Waals surface area (Å²) >= 11 is 0. The molecule has 0 aromatic heterocycles. The molecule has 0 aliphatic carbocycles. The maximum absolute atomic E-state index is 12.6. The zero-order valence-corrected chi connectivity index (χ0v) is 16.2. The number of carbonyl (C=O) groups excluding carboxylic acids is 1. The Morgan fingerprint density at radius 2 is 2.00 bits per heavy atom. The first-order valence-electron chi connectivity index (χ1n) is 8.66. The van der Waals surface area contributed by atoms with E-state index in [1.54, 1.807) is 7.11 Å². The van der Waals surface area contributed by atoms with Crippen molar-refractivity contribution in [3.63, 3.8) is 0 Å². The van der Waals surface area contributed by atoms with E-state index in [4.69, 9.17) is 4.74 Å². The second-order valence-electron chi connectivity index (χ2n) is 6.63. The fraction of sp³-hybridized carbons (Fsp3) is 0.611. The second-order valence-corrected chi connectivity index (χ2v) is 8.62. The minimum Gasteiger partial charge on any atom is -0.496 e. The zero-order chi connectivity index (χ0) is 18.6. The number of aryl methyl sites for hydroxylation is 1. The van der Waals surface area contributed by atoms with Crippen LogP contribution < -0.4 is 10.1 Å². The fourth-order valence-corrected chi connectivity index (χ4v) is 4.15. The summed E-state index contributed by atoms with van der Waals surface area (Å²) < 4.78 is 29.9. The molecule has 7 heteroatoms. The smallest absolute Gasteiger partial charge is 0.223 e. The van der Waals surface area contributed by atoms with Crippen LogP contribution in [0.25, 0.3) is 0 Å². The Kier molecular flexibility index (Phi) is 6.46. The van der Waals surface area contributed by atoms with Gasteiger partial charge in [-0.3, -0.25) is 4.79 Å². The summed E-state index contributed by atoms with van der Waals surface area (Å²) in [6.07, 6.45) is 3.14. The van der Waals surface area contributed by atoms with Crippen LogP contribution in [-0.4, -0.2) is 45.1 Å². The van der Waals surface area contributed by atoms with Crippen molar-refractivity contribution in [1.29, 1.82) is 0 Å². The minimum atomic E-state index is -3.17. The van der Waals surface area contributed by atoms with E-state index in [0.29, 0.717) is 25.9 Å². The Morgan fingerprint density at radius 3 is 2.48 bits per heavy atom. The molecule has 1 atom stereocenters. The van der Waals surface area contributed by atoms with Crippen molar-refractivity contribution in [3.8, 4) is 5.75 Å². The number of sulfonamides is 1. The van der Waals surface area contributed by atoms with Crippen molar-refractivity contribution in [2.24, 2.45) is 5.92 Å². The molecular weight excluding hydrogens is 340 g/mol. The molecule has 2 rings (SSSR count).